The van der Waals surface area contributed by atoms with E-state index in [0.29, 0.717) is 0 Å². The summed E-state index contributed by atoms with van der Waals surface area (Å²) >= 11 is 0. The Morgan fingerprint density at radius 3 is 1.07 bits per heavy atom. The highest BCUT2D eigenvalue weighted by atomic mass is 16.4. The Kier molecular flexibility index (Phi) is 3.82. The Hall–Kier alpha value is -0.240. The molecule has 0 amide bonds. The van der Waals surface area contributed by atoms with Crippen LogP contribution < -0.4 is 0 Å². The topological polar surface area (TPSA) is 121 Å². The highest BCUT2D eigenvalue weighted by Crippen LogP contribution is 2.30. The van der Waals surface area contributed by atoms with Crippen LogP contribution in [0.1, 0.15) is 0 Å². The van der Waals surface area contributed by atoms with Gasteiger partial charge in [-0.2, -0.15) is 0 Å². The normalized spacial score (nSPS) is 49.3. The van der Waals surface area contributed by atoms with Crippen LogP contribution in [0.3, 0.4) is 0 Å². The second-order valence-electron chi connectivity index (χ2n) is 3.66. The van der Waals surface area contributed by atoms with E-state index < -0.39 is 49.5 Å². The summed E-state index contributed by atoms with van der Waals surface area (Å²) in [7, 11) is 0. The molecule has 6 N–H and O–H groups in total. The van der Waals surface area contributed by atoms with Crippen LogP contribution in [0.4, 0.5) is 0 Å². The molecule has 6 nitrogen and oxygen atoms in total. The highest BCUT2D eigenvalue weighted by Gasteiger charge is 2.47. The minimum Gasteiger partial charge on any atom is -0.396 e. The number of hydrogen-bond acceptors (Lipinski definition) is 6. The summed E-state index contributed by atoms with van der Waals surface area (Å²) < 4.78 is 0. The Morgan fingerprint density at radius 2 is 0.857 bits per heavy atom. The molecular weight excluding hydrogens is 192 g/mol. The van der Waals surface area contributed by atoms with Crippen LogP contribution in [0.15, 0.2) is 0 Å². The molecule has 0 unspecified atom stereocenters. The van der Waals surface area contributed by atoms with Gasteiger partial charge in [-0.15, -0.1) is 0 Å². The van der Waals surface area contributed by atoms with Gasteiger partial charge in [0.25, 0.3) is 0 Å². The number of hydrogen-bond donors (Lipinski definition) is 6. The first-order valence-corrected chi connectivity index (χ1v) is 4.48. The van der Waals surface area contributed by atoms with Crippen molar-refractivity contribution in [1.29, 1.82) is 0 Å². The Balaban J connectivity index is 2.84. The molecule has 1 fully saturated rings. The largest absolute Gasteiger partial charge is 0.396 e. The van der Waals surface area contributed by atoms with E-state index in [2.05, 4.69) is 0 Å². The summed E-state index contributed by atoms with van der Waals surface area (Å²) in [5.41, 5.74) is 0. The van der Waals surface area contributed by atoms with Crippen LogP contribution in [0.5, 0.6) is 0 Å². The van der Waals surface area contributed by atoms with Gasteiger partial charge in [0.15, 0.2) is 0 Å². The fourth-order valence-electron chi connectivity index (χ4n) is 1.90. The first-order valence-electron chi connectivity index (χ1n) is 4.48. The smallest absolute Gasteiger partial charge is 0.109 e. The predicted octanol–water partition coefficient (Wildman–Crippen LogP) is -3.34. The Labute approximate surface area is 81.1 Å². The summed E-state index contributed by atoms with van der Waals surface area (Å²) in [5, 5.41) is 55.2. The molecule has 0 saturated heterocycles. The van der Waals surface area contributed by atoms with Gasteiger partial charge in [-0.3, -0.25) is 0 Å². The first-order chi connectivity index (χ1) is 6.54. The molecule has 6 atom stereocenters. The minimum atomic E-state index is -1.50. The van der Waals surface area contributed by atoms with Crippen molar-refractivity contribution in [3.8, 4) is 0 Å². The van der Waals surface area contributed by atoms with Crippen molar-refractivity contribution in [2.75, 3.05) is 13.2 Å². The first kappa shape index (κ1) is 11.8. The van der Waals surface area contributed by atoms with Gasteiger partial charge in [0, 0.05) is 25.0 Å². The third-order valence-corrected chi connectivity index (χ3v) is 2.90. The molecule has 0 bridgehead atoms. The highest BCUT2D eigenvalue weighted by molar-refractivity contribution is 4.97. The van der Waals surface area contributed by atoms with E-state index in [1.807, 2.05) is 0 Å². The average molecular weight is 208 g/mol. The molecule has 0 aromatic rings. The van der Waals surface area contributed by atoms with Crippen molar-refractivity contribution < 1.29 is 30.6 Å². The maximum absolute atomic E-state index is 9.43. The molecule has 1 aliphatic carbocycles. The summed E-state index contributed by atoms with van der Waals surface area (Å²) in [6.45, 7) is -0.930. The molecule has 1 saturated carbocycles. The van der Waals surface area contributed by atoms with Gasteiger partial charge in [0.05, 0.1) is 12.2 Å². The van der Waals surface area contributed by atoms with E-state index in [0.717, 1.165) is 0 Å². The van der Waals surface area contributed by atoms with E-state index in [1.165, 1.54) is 0 Å². The van der Waals surface area contributed by atoms with Gasteiger partial charge >= 0.3 is 0 Å². The SMILES string of the molecule is OC[C@@H]1[C@H](O)[C@H](O)[C@@H](O)[C@@H](O)[C@@H]1CO. The predicted molar refractivity (Wildman–Crippen MR) is 45.2 cm³/mol. The third-order valence-electron chi connectivity index (χ3n) is 2.90. The minimum absolute atomic E-state index is 0.465. The monoisotopic (exact) mass is 208 g/mol. The maximum atomic E-state index is 9.43. The lowest BCUT2D eigenvalue weighted by Gasteiger charge is -2.42. The van der Waals surface area contributed by atoms with Crippen LogP contribution >= 0.6 is 0 Å². The van der Waals surface area contributed by atoms with Crippen LogP contribution in [0.25, 0.3) is 0 Å². The fraction of sp³-hybridized carbons (Fsp3) is 1.00. The molecule has 0 aliphatic heterocycles. The van der Waals surface area contributed by atoms with E-state index in [4.69, 9.17) is 10.2 Å². The molecule has 0 aromatic heterocycles. The zero-order valence-electron chi connectivity index (χ0n) is 7.56. The zero-order chi connectivity index (χ0) is 10.9. The van der Waals surface area contributed by atoms with Crippen molar-refractivity contribution in [3.05, 3.63) is 0 Å². The average Bonchev–Trinajstić information content (AvgIpc) is 2.20. The molecule has 14 heavy (non-hydrogen) atoms. The van der Waals surface area contributed by atoms with Crippen LogP contribution in [-0.2, 0) is 0 Å². The summed E-state index contributed by atoms with van der Waals surface area (Å²) in [6.07, 6.45) is -5.67. The van der Waals surface area contributed by atoms with Gasteiger partial charge < -0.3 is 30.6 Å². The quantitative estimate of drug-likeness (QED) is 0.282. The van der Waals surface area contributed by atoms with Crippen molar-refractivity contribution >= 4 is 0 Å². The standard InChI is InChI=1S/C8H16O6/c9-1-3-4(2-10)6(12)8(14)7(13)5(3)11/h3-14H,1-2H2/t3-,4+,5-,6-,7-,8-/m0/s1. The molecule has 1 aliphatic rings. The molecule has 0 radical (unpaired) electrons. The number of aliphatic hydroxyl groups excluding tert-OH is 6. The number of aliphatic hydroxyl groups is 6. The Bertz CT molecular complexity index is 167. The second kappa shape index (κ2) is 4.52. The summed E-state index contributed by atoms with van der Waals surface area (Å²) in [6, 6.07) is 0. The zero-order valence-corrected chi connectivity index (χ0v) is 7.56. The van der Waals surface area contributed by atoms with E-state index >= 15 is 0 Å². The number of rotatable bonds is 2. The molecule has 0 aromatic carbocycles. The van der Waals surface area contributed by atoms with Crippen LogP contribution in [0, 0.1) is 11.8 Å². The van der Waals surface area contributed by atoms with Crippen LogP contribution in [0.2, 0.25) is 0 Å². The van der Waals surface area contributed by atoms with Crippen molar-refractivity contribution in [2.24, 2.45) is 11.8 Å². The van der Waals surface area contributed by atoms with Crippen molar-refractivity contribution in [3.63, 3.8) is 0 Å². The van der Waals surface area contributed by atoms with Gasteiger partial charge in [0.2, 0.25) is 0 Å². The van der Waals surface area contributed by atoms with Gasteiger partial charge in [-0.25, -0.2) is 0 Å². The fourth-order valence-corrected chi connectivity index (χ4v) is 1.90. The van der Waals surface area contributed by atoms with E-state index in [9.17, 15) is 20.4 Å². The van der Waals surface area contributed by atoms with Crippen molar-refractivity contribution in [2.45, 2.75) is 24.4 Å². The summed E-state index contributed by atoms with van der Waals surface area (Å²) in [4.78, 5) is 0. The lowest BCUT2D eigenvalue weighted by atomic mass is 9.73. The third kappa shape index (κ3) is 1.77. The van der Waals surface area contributed by atoms with E-state index in [1.54, 1.807) is 0 Å². The molecule has 6 heteroatoms. The molecule has 0 spiro atoms. The van der Waals surface area contributed by atoms with Gasteiger partial charge in [-0.1, -0.05) is 0 Å². The maximum Gasteiger partial charge on any atom is 0.109 e. The van der Waals surface area contributed by atoms with Crippen LogP contribution in [-0.4, -0.2) is 68.3 Å². The summed E-state index contributed by atoms with van der Waals surface area (Å²) in [5.74, 6) is -1.65. The lowest BCUT2D eigenvalue weighted by Crippen LogP contribution is -2.60. The molecule has 0 heterocycles. The van der Waals surface area contributed by atoms with Gasteiger partial charge in [-0.05, 0) is 0 Å². The van der Waals surface area contributed by atoms with Gasteiger partial charge in [0.1, 0.15) is 12.2 Å². The molecular formula is C8H16O6. The van der Waals surface area contributed by atoms with E-state index in [-0.39, 0.29) is 0 Å². The molecule has 1 rings (SSSR count). The Morgan fingerprint density at radius 1 is 0.571 bits per heavy atom. The lowest BCUT2D eigenvalue weighted by molar-refractivity contribution is -0.195. The van der Waals surface area contributed by atoms with Crippen molar-refractivity contribution in [1.82, 2.24) is 0 Å². The second-order valence-corrected chi connectivity index (χ2v) is 3.66. The molecule has 84 valence electrons.